The Morgan fingerprint density at radius 3 is 2.38 bits per heavy atom. The van der Waals surface area contributed by atoms with Crippen molar-refractivity contribution in [3.05, 3.63) is 35.4 Å². The number of ether oxygens (including phenoxy) is 1. The van der Waals surface area contributed by atoms with Crippen LogP contribution in [0.2, 0.25) is 0 Å². The number of rotatable bonds is 2. The van der Waals surface area contributed by atoms with Crippen molar-refractivity contribution in [2.75, 3.05) is 13.2 Å². The van der Waals surface area contributed by atoms with Gasteiger partial charge in [-0.2, -0.15) is 0 Å². The summed E-state index contributed by atoms with van der Waals surface area (Å²) in [4.78, 5) is 0. The largest absolute Gasteiger partial charge is 0.389 e. The van der Waals surface area contributed by atoms with Gasteiger partial charge in [-0.15, -0.1) is 0 Å². The first-order valence-corrected chi connectivity index (χ1v) is 5.12. The minimum absolute atomic E-state index is 0.186. The van der Waals surface area contributed by atoms with E-state index in [1.807, 2.05) is 0 Å². The van der Waals surface area contributed by atoms with Gasteiger partial charge in [-0.1, -0.05) is 0 Å². The molecule has 1 aromatic rings. The van der Waals surface area contributed by atoms with E-state index in [9.17, 15) is 13.9 Å². The Kier molecular flexibility index (Phi) is 2.51. The molecule has 1 aliphatic heterocycles. The van der Waals surface area contributed by atoms with Crippen LogP contribution in [0.1, 0.15) is 19.4 Å². The molecule has 0 saturated carbocycles. The second-order valence-corrected chi connectivity index (χ2v) is 4.76. The molecule has 16 heavy (non-hydrogen) atoms. The summed E-state index contributed by atoms with van der Waals surface area (Å²) in [6.07, 6.45) is 0. The Morgan fingerprint density at radius 1 is 1.31 bits per heavy atom. The van der Waals surface area contributed by atoms with Gasteiger partial charge in [0.15, 0.2) is 0 Å². The van der Waals surface area contributed by atoms with Crippen molar-refractivity contribution in [1.82, 2.24) is 0 Å². The van der Waals surface area contributed by atoms with Gasteiger partial charge in [0.1, 0.15) is 11.6 Å². The summed E-state index contributed by atoms with van der Waals surface area (Å²) in [6, 6.07) is 3.28. The van der Waals surface area contributed by atoms with E-state index in [0.717, 1.165) is 18.2 Å². The van der Waals surface area contributed by atoms with E-state index in [2.05, 4.69) is 0 Å². The zero-order valence-corrected chi connectivity index (χ0v) is 9.26. The van der Waals surface area contributed by atoms with Crippen LogP contribution in [-0.4, -0.2) is 23.9 Å². The lowest BCUT2D eigenvalue weighted by Gasteiger charge is -2.49. The SMILES string of the molecule is CC(C)(O)C1(c2cc(F)ccc2F)COC1. The summed E-state index contributed by atoms with van der Waals surface area (Å²) in [5, 5.41) is 10.1. The molecule has 1 aromatic carbocycles. The maximum atomic E-state index is 13.7. The predicted octanol–water partition coefficient (Wildman–Crippen LogP) is 2.00. The molecule has 1 fully saturated rings. The third-order valence-corrected chi connectivity index (χ3v) is 3.31. The molecule has 0 atom stereocenters. The van der Waals surface area contributed by atoms with Crippen LogP contribution in [0.25, 0.3) is 0 Å². The molecule has 0 unspecified atom stereocenters. The van der Waals surface area contributed by atoms with Gasteiger partial charge in [0.05, 0.1) is 24.2 Å². The molecule has 0 aliphatic carbocycles. The van der Waals surface area contributed by atoms with E-state index in [-0.39, 0.29) is 18.8 Å². The van der Waals surface area contributed by atoms with Gasteiger partial charge in [0.2, 0.25) is 0 Å². The second kappa shape index (κ2) is 3.50. The van der Waals surface area contributed by atoms with Crippen molar-refractivity contribution < 1.29 is 18.6 Å². The van der Waals surface area contributed by atoms with E-state index >= 15 is 0 Å². The molecule has 0 bridgehead atoms. The fraction of sp³-hybridized carbons (Fsp3) is 0.500. The molecular formula is C12H14F2O2. The first kappa shape index (κ1) is 11.5. The number of aliphatic hydroxyl groups is 1. The average Bonchev–Trinajstić information content (AvgIpc) is 2.06. The topological polar surface area (TPSA) is 29.5 Å². The fourth-order valence-corrected chi connectivity index (χ4v) is 2.01. The van der Waals surface area contributed by atoms with Crippen LogP contribution in [-0.2, 0) is 10.2 Å². The number of benzene rings is 1. The van der Waals surface area contributed by atoms with E-state index in [4.69, 9.17) is 4.74 Å². The molecule has 1 heterocycles. The van der Waals surface area contributed by atoms with Crippen molar-refractivity contribution in [2.45, 2.75) is 24.9 Å². The third kappa shape index (κ3) is 1.53. The Morgan fingerprint density at radius 2 is 1.94 bits per heavy atom. The van der Waals surface area contributed by atoms with Crippen LogP contribution in [0.3, 0.4) is 0 Å². The van der Waals surface area contributed by atoms with Crippen LogP contribution in [0.5, 0.6) is 0 Å². The Bertz CT molecular complexity index is 406. The van der Waals surface area contributed by atoms with Gasteiger partial charge in [0, 0.05) is 5.56 Å². The second-order valence-electron chi connectivity index (χ2n) is 4.76. The highest BCUT2D eigenvalue weighted by Crippen LogP contribution is 2.43. The molecule has 1 saturated heterocycles. The van der Waals surface area contributed by atoms with Gasteiger partial charge < -0.3 is 9.84 Å². The molecule has 1 aliphatic rings. The van der Waals surface area contributed by atoms with E-state index < -0.39 is 22.7 Å². The molecule has 88 valence electrons. The highest BCUT2D eigenvalue weighted by Gasteiger charge is 2.53. The van der Waals surface area contributed by atoms with Crippen LogP contribution in [0.15, 0.2) is 18.2 Å². The molecule has 1 N–H and O–H groups in total. The highest BCUT2D eigenvalue weighted by atomic mass is 19.1. The molecule has 0 radical (unpaired) electrons. The number of hydrogen-bond donors (Lipinski definition) is 1. The summed E-state index contributed by atoms with van der Waals surface area (Å²) in [5.74, 6) is -1.02. The minimum atomic E-state index is -1.15. The lowest BCUT2D eigenvalue weighted by Crippen LogP contribution is -2.61. The lowest BCUT2D eigenvalue weighted by atomic mass is 9.67. The normalized spacial score (nSPS) is 19.3. The van der Waals surface area contributed by atoms with Gasteiger partial charge in [-0.25, -0.2) is 8.78 Å². The number of halogens is 2. The standard InChI is InChI=1S/C12H14F2O2/c1-11(2,15)12(6-16-7-12)9-5-8(13)3-4-10(9)14/h3-5,15H,6-7H2,1-2H3. The van der Waals surface area contributed by atoms with Crippen molar-refractivity contribution in [2.24, 2.45) is 0 Å². The molecule has 4 heteroatoms. The van der Waals surface area contributed by atoms with Gasteiger partial charge in [0.25, 0.3) is 0 Å². The summed E-state index contributed by atoms with van der Waals surface area (Å²) >= 11 is 0. The van der Waals surface area contributed by atoms with Crippen molar-refractivity contribution in [3.8, 4) is 0 Å². The summed E-state index contributed by atoms with van der Waals surface area (Å²) in [7, 11) is 0. The maximum Gasteiger partial charge on any atom is 0.127 e. The lowest BCUT2D eigenvalue weighted by molar-refractivity contribution is -0.158. The first-order chi connectivity index (χ1) is 7.37. The Balaban J connectivity index is 2.53. The quantitative estimate of drug-likeness (QED) is 0.839. The van der Waals surface area contributed by atoms with Crippen molar-refractivity contribution in [1.29, 1.82) is 0 Å². The van der Waals surface area contributed by atoms with Crippen LogP contribution < -0.4 is 0 Å². The van der Waals surface area contributed by atoms with Crippen LogP contribution >= 0.6 is 0 Å². The van der Waals surface area contributed by atoms with Crippen molar-refractivity contribution >= 4 is 0 Å². The zero-order chi connectivity index (χ0) is 12.0. The molecule has 0 aromatic heterocycles. The van der Waals surface area contributed by atoms with E-state index in [1.165, 1.54) is 0 Å². The monoisotopic (exact) mass is 228 g/mol. The maximum absolute atomic E-state index is 13.7. The molecule has 0 amide bonds. The summed E-state index contributed by atoms with van der Waals surface area (Å²) < 4.78 is 31.9. The van der Waals surface area contributed by atoms with Crippen LogP contribution in [0.4, 0.5) is 8.78 Å². The highest BCUT2D eigenvalue weighted by molar-refractivity contribution is 5.33. The third-order valence-electron chi connectivity index (χ3n) is 3.31. The fourth-order valence-electron chi connectivity index (χ4n) is 2.01. The predicted molar refractivity (Wildman–Crippen MR) is 55.2 cm³/mol. The van der Waals surface area contributed by atoms with Crippen LogP contribution in [0, 0.1) is 11.6 Å². The molecule has 2 nitrogen and oxygen atoms in total. The molecular weight excluding hydrogens is 214 g/mol. The Labute approximate surface area is 92.9 Å². The van der Waals surface area contributed by atoms with E-state index in [1.54, 1.807) is 13.8 Å². The van der Waals surface area contributed by atoms with Crippen molar-refractivity contribution in [3.63, 3.8) is 0 Å². The Hall–Kier alpha value is -1.00. The summed E-state index contributed by atoms with van der Waals surface area (Å²) in [5.41, 5.74) is -1.81. The van der Waals surface area contributed by atoms with Gasteiger partial charge in [-0.05, 0) is 32.0 Å². The smallest absolute Gasteiger partial charge is 0.127 e. The minimum Gasteiger partial charge on any atom is -0.389 e. The zero-order valence-electron chi connectivity index (χ0n) is 9.26. The molecule has 2 rings (SSSR count). The molecule has 0 spiro atoms. The van der Waals surface area contributed by atoms with Gasteiger partial charge >= 0.3 is 0 Å². The van der Waals surface area contributed by atoms with E-state index in [0.29, 0.717) is 0 Å². The average molecular weight is 228 g/mol. The number of hydrogen-bond acceptors (Lipinski definition) is 2. The summed E-state index contributed by atoms with van der Waals surface area (Å²) in [6.45, 7) is 3.58. The van der Waals surface area contributed by atoms with Gasteiger partial charge in [-0.3, -0.25) is 0 Å². The first-order valence-electron chi connectivity index (χ1n) is 5.12.